The smallest absolute Gasteiger partial charge is 0.261 e. The molecule has 0 saturated carbocycles. The van der Waals surface area contributed by atoms with Gasteiger partial charge in [-0.3, -0.25) is 9.52 Å². The lowest BCUT2D eigenvalue weighted by atomic mass is 10.1. The van der Waals surface area contributed by atoms with Crippen molar-refractivity contribution in [2.45, 2.75) is 31.7 Å². The number of fused-ring (bicyclic) bond motifs is 1. The molecule has 0 unspecified atom stereocenters. The van der Waals surface area contributed by atoms with E-state index in [1.54, 1.807) is 18.5 Å². The molecule has 176 valence electrons. The van der Waals surface area contributed by atoms with Gasteiger partial charge in [-0.05, 0) is 73.9 Å². The monoisotopic (exact) mass is 496 g/mol. The van der Waals surface area contributed by atoms with E-state index >= 15 is 0 Å². The highest BCUT2D eigenvalue weighted by Gasteiger charge is 2.19. The first-order valence-electron chi connectivity index (χ1n) is 10.8. The molecule has 0 aliphatic heterocycles. The number of halogens is 1. The summed E-state index contributed by atoms with van der Waals surface area (Å²) in [5.74, 6) is -0.427. The topological polar surface area (TPSA) is 93.1 Å². The van der Waals surface area contributed by atoms with E-state index in [1.807, 2.05) is 48.7 Å². The summed E-state index contributed by atoms with van der Waals surface area (Å²) in [6, 6.07) is 17.3. The van der Waals surface area contributed by atoms with Crippen LogP contribution in [0.2, 0.25) is 5.02 Å². The molecular weight excluding hydrogens is 472 g/mol. The molecule has 34 heavy (non-hydrogen) atoms. The largest absolute Gasteiger partial charge is 0.352 e. The van der Waals surface area contributed by atoms with E-state index in [1.165, 1.54) is 18.2 Å². The van der Waals surface area contributed by atoms with Gasteiger partial charge in [0.25, 0.3) is 15.9 Å². The summed E-state index contributed by atoms with van der Waals surface area (Å²) in [6.07, 6.45) is 2.45. The highest BCUT2D eigenvalue weighted by atomic mass is 35.5. The van der Waals surface area contributed by atoms with Crippen LogP contribution in [0.5, 0.6) is 0 Å². The normalized spacial score (nSPS) is 11.5. The van der Waals surface area contributed by atoms with Crippen LogP contribution in [-0.2, 0) is 16.6 Å². The standard InChI is InChI=1S/C25H25ClN4O3S/c1-17-8-9-19(14-18(17)2)29-34(32,33)20-10-11-22(26)21(15-20)25(31)27-12-5-13-30-16-28-23-6-3-4-7-24(23)30/h3-4,6-11,14-16,29H,5,12-13H2,1-2H3,(H,27,31). The summed E-state index contributed by atoms with van der Waals surface area (Å²) < 4.78 is 30.4. The summed E-state index contributed by atoms with van der Waals surface area (Å²) in [5, 5.41) is 3.00. The van der Waals surface area contributed by atoms with Crippen LogP contribution in [0.1, 0.15) is 27.9 Å². The number of aromatic nitrogens is 2. The molecule has 0 fully saturated rings. The van der Waals surface area contributed by atoms with Crippen LogP contribution in [0.15, 0.2) is 71.9 Å². The SMILES string of the molecule is Cc1ccc(NS(=O)(=O)c2ccc(Cl)c(C(=O)NCCCn3cnc4ccccc43)c2)cc1C. The van der Waals surface area contributed by atoms with E-state index in [0.29, 0.717) is 25.2 Å². The van der Waals surface area contributed by atoms with Gasteiger partial charge in [0.05, 0.1) is 32.8 Å². The molecule has 1 heterocycles. The first kappa shape index (κ1) is 23.8. The average Bonchev–Trinajstić information content (AvgIpc) is 3.22. The number of imidazole rings is 1. The van der Waals surface area contributed by atoms with Gasteiger partial charge < -0.3 is 9.88 Å². The van der Waals surface area contributed by atoms with E-state index in [0.717, 1.165) is 22.2 Å². The van der Waals surface area contributed by atoms with E-state index in [4.69, 9.17) is 11.6 Å². The van der Waals surface area contributed by atoms with Gasteiger partial charge in [0.15, 0.2) is 0 Å². The lowest BCUT2D eigenvalue weighted by molar-refractivity contribution is 0.0952. The number of sulfonamides is 1. The molecule has 1 amide bonds. The summed E-state index contributed by atoms with van der Waals surface area (Å²) in [7, 11) is -3.89. The van der Waals surface area contributed by atoms with Gasteiger partial charge in [-0.1, -0.05) is 29.8 Å². The van der Waals surface area contributed by atoms with Crippen molar-refractivity contribution in [3.63, 3.8) is 0 Å². The van der Waals surface area contributed by atoms with Gasteiger partial charge in [0.1, 0.15) is 0 Å². The zero-order valence-electron chi connectivity index (χ0n) is 18.9. The van der Waals surface area contributed by atoms with Crippen LogP contribution in [0.4, 0.5) is 5.69 Å². The fourth-order valence-corrected chi connectivity index (χ4v) is 4.88. The van der Waals surface area contributed by atoms with E-state index in [-0.39, 0.29) is 15.5 Å². The van der Waals surface area contributed by atoms with Crippen LogP contribution < -0.4 is 10.0 Å². The lowest BCUT2D eigenvalue weighted by Gasteiger charge is -2.12. The van der Waals surface area contributed by atoms with Crippen molar-refractivity contribution in [2.24, 2.45) is 0 Å². The van der Waals surface area contributed by atoms with Crippen molar-refractivity contribution in [3.8, 4) is 0 Å². The van der Waals surface area contributed by atoms with Crippen LogP contribution in [0, 0.1) is 13.8 Å². The molecule has 0 aliphatic carbocycles. The van der Waals surface area contributed by atoms with Crippen LogP contribution >= 0.6 is 11.6 Å². The minimum atomic E-state index is -3.89. The zero-order chi connectivity index (χ0) is 24.3. The van der Waals surface area contributed by atoms with Crippen molar-refractivity contribution in [3.05, 3.63) is 88.7 Å². The van der Waals surface area contributed by atoms with Crippen LogP contribution in [-0.4, -0.2) is 30.4 Å². The third kappa shape index (κ3) is 5.24. The Morgan fingerprint density at radius 3 is 2.62 bits per heavy atom. The molecule has 2 N–H and O–H groups in total. The van der Waals surface area contributed by atoms with Crippen LogP contribution in [0.25, 0.3) is 11.0 Å². The summed E-state index contributed by atoms with van der Waals surface area (Å²) in [4.78, 5) is 17.1. The predicted molar refractivity (Wildman–Crippen MR) is 135 cm³/mol. The Hall–Kier alpha value is -3.36. The molecule has 4 rings (SSSR count). The number of hydrogen-bond donors (Lipinski definition) is 2. The van der Waals surface area contributed by atoms with Crippen molar-refractivity contribution in [1.82, 2.24) is 14.9 Å². The number of carbonyl (C=O) groups is 1. The molecule has 0 saturated heterocycles. The van der Waals surface area contributed by atoms with E-state index < -0.39 is 15.9 Å². The fraction of sp³-hybridized carbons (Fsp3) is 0.200. The van der Waals surface area contributed by atoms with Crippen molar-refractivity contribution < 1.29 is 13.2 Å². The minimum absolute atomic E-state index is 0.0369. The van der Waals surface area contributed by atoms with Crippen LogP contribution in [0.3, 0.4) is 0 Å². The van der Waals surface area contributed by atoms with Gasteiger partial charge in [0, 0.05) is 18.8 Å². The molecule has 0 bridgehead atoms. The second kappa shape index (κ2) is 9.87. The third-order valence-electron chi connectivity index (χ3n) is 5.64. The molecule has 4 aromatic rings. The lowest BCUT2D eigenvalue weighted by Crippen LogP contribution is -2.26. The summed E-state index contributed by atoms with van der Waals surface area (Å²) in [6.45, 7) is 4.95. The molecule has 1 aromatic heterocycles. The van der Waals surface area contributed by atoms with Gasteiger partial charge in [-0.25, -0.2) is 13.4 Å². The second-order valence-corrected chi connectivity index (χ2v) is 10.2. The fourth-order valence-electron chi connectivity index (χ4n) is 3.60. The number of aryl methyl sites for hydroxylation is 3. The number of amides is 1. The Balaban J connectivity index is 1.41. The first-order chi connectivity index (χ1) is 16.2. The van der Waals surface area contributed by atoms with E-state index in [2.05, 4.69) is 15.0 Å². The number of anilines is 1. The third-order valence-corrected chi connectivity index (χ3v) is 7.35. The quantitative estimate of drug-likeness (QED) is 0.338. The molecule has 3 aromatic carbocycles. The number of para-hydroxylation sites is 2. The number of benzene rings is 3. The Morgan fingerprint density at radius 1 is 1.03 bits per heavy atom. The average molecular weight is 497 g/mol. The molecule has 0 radical (unpaired) electrons. The molecule has 0 atom stereocenters. The number of hydrogen-bond acceptors (Lipinski definition) is 4. The molecule has 0 aliphatic rings. The highest BCUT2D eigenvalue weighted by Crippen LogP contribution is 2.23. The summed E-state index contributed by atoms with van der Waals surface area (Å²) >= 11 is 6.21. The number of carbonyl (C=O) groups excluding carboxylic acids is 1. The molecule has 9 heteroatoms. The summed E-state index contributed by atoms with van der Waals surface area (Å²) in [5.41, 5.74) is 4.56. The number of rotatable bonds is 8. The molecule has 7 nitrogen and oxygen atoms in total. The Morgan fingerprint density at radius 2 is 1.82 bits per heavy atom. The second-order valence-electron chi connectivity index (χ2n) is 8.08. The van der Waals surface area contributed by atoms with Crippen molar-refractivity contribution >= 4 is 44.3 Å². The van der Waals surface area contributed by atoms with Crippen molar-refractivity contribution in [1.29, 1.82) is 0 Å². The van der Waals surface area contributed by atoms with Gasteiger partial charge in [-0.15, -0.1) is 0 Å². The minimum Gasteiger partial charge on any atom is -0.352 e. The Labute approximate surface area is 203 Å². The van der Waals surface area contributed by atoms with Gasteiger partial charge >= 0.3 is 0 Å². The Kier molecular flexibility index (Phi) is 6.90. The first-order valence-corrected chi connectivity index (χ1v) is 12.7. The van der Waals surface area contributed by atoms with Gasteiger partial charge in [-0.2, -0.15) is 0 Å². The maximum atomic E-state index is 12.9. The predicted octanol–water partition coefficient (Wildman–Crippen LogP) is 4.93. The Bertz CT molecular complexity index is 1460. The van der Waals surface area contributed by atoms with E-state index in [9.17, 15) is 13.2 Å². The molecular formula is C25H25ClN4O3S. The number of nitrogens with one attached hydrogen (secondary N) is 2. The highest BCUT2D eigenvalue weighted by molar-refractivity contribution is 7.92. The van der Waals surface area contributed by atoms with Gasteiger partial charge in [0.2, 0.25) is 0 Å². The maximum Gasteiger partial charge on any atom is 0.261 e. The zero-order valence-corrected chi connectivity index (χ0v) is 20.4. The van der Waals surface area contributed by atoms with Crippen molar-refractivity contribution in [2.75, 3.05) is 11.3 Å². The maximum absolute atomic E-state index is 12.9. The number of nitrogens with zero attached hydrogens (tertiary/aromatic N) is 2. The molecule has 0 spiro atoms.